The minimum atomic E-state index is -3.66. The van der Waals surface area contributed by atoms with E-state index >= 15 is 0 Å². The van der Waals surface area contributed by atoms with Crippen molar-refractivity contribution in [3.05, 3.63) is 60.2 Å². The Morgan fingerprint density at radius 2 is 1.71 bits per heavy atom. The van der Waals surface area contributed by atoms with Crippen LogP contribution in [0.25, 0.3) is 0 Å². The van der Waals surface area contributed by atoms with Gasteiger partial charge in [-0.1, -0.05) is 30.3 Å². The van der Waals surface area contributed by atoms with Crippen molar-refractivity contribution in [3.8, 4) is 0 Å². The standard InChI is InChI=1S/C17H20N2O4S/c1-3-23-17(20)18-15-9-11-16(12-10-15)24(21,22)19-13(2)14-7-5-4-6-8-14/h4-13,19H,3H2,1-2H3,(H,18,20)/t13-/m1/s1. The van der Waals surface area contributed by atoms with Crippen molar-refractivity contribution >= 4 is 21.8 Å². The van der Waals surface area contributed by atoms with E-state index < -0.39 is 16.1 Å². The fraction of sp³-hybridized carbons (Fsp3) is 0.235. The summed E-state index contributed by atoms with van der Waals surface area (Å²) in [7, 11) is -3.66. The van der Waals surface area contributed by atoms with Crippen LogP contribution in [0.1, 0.15) is 25.5 Å². The van der Waals surface area contributed by atoms with Gasteiger partial charge in [0.1, 0.15) is 0 Å². The van der Waals surface area contributed by atoms with E-state index in [0.29, 0.717) is 5.69 Å². The molecule has 0 radical (unpaired) electrons. The van der Waals surface area contributed by atoms with Gasteiger partial charge in [-0.3, -0.25) is 5.32 Å². The zero-order valence-corrected chi connectivity index (χ0v) is 14.3. The van der Waals surface area contributed by atoms with E-state index in [2.05, 4.69) is 10.0 Å². The van der Waals surface area contributed by atoms with E-state index in [-0.39, 0.29) is 17.5 Å². The number of carbonyl (C=O) groups excluding carboxylic acids is 1. The monoisotopic (exact) mass is 348 g/mol. The summed E-state index contributed by atoms with van der Waals surface area (Å²) in [5.74, 6) is 0. The van der Waals surface area contributed by atoms with Crippen LogP contribution >= 0.6 is 0 Å². The fourth-order valence-electron chi connectivity index (χ4n) is 2.11. The van der Waals surface area contributed by atoms with Crippen molar-refractivity contribution in [2.75, 3.05) is 11.9 Å². The van der Waals surface area contributed by atoms with Crippen LogP contribution in [0.3, 0.4) is 0 Å². The topological polar surface area (TPSA) is 84.5 Å². The zero-order chi connectivity index (χ0) is 17.6. The van der Waals surface area contributed by atoms with E-state index in [1.807, 2.05) is 30.3 Å². The molecule has 2 rings (SSSR count). The average molecular weight is 348 g/mol. The Labute approximate surface area is 141 Å². The molecule has 2 aromatic carbocycles. The highest BCUT2D eigenvalue weighted by molar-refractivity contribution is 7.89. The first-order valence-corrected chi connectivity index (χ1v) is 9.02. The highest BCUT2D eigenvalue weighted by Gasteiger charge is 2.18. The molecule has 0 bridgehead atoms. The maximum Gasteiger partial charge on any atom is 0.411 e. The van der Waals surface area contributed by atoms with Crippen LogP contribution in [0, 0.1) is 0 Å². The van der Waals surface area contributed by atoms with Gasteiger partial charge in [-0.05, 0) is 43.7 Å². The first-order valence-electron chi connectivity index (χ1n) is 7.53. The van der Waals surface area contributed by atoms with Gasteiger partial charge in [-0.15, -0.1) is 0 Å². The molecule has 6 nitrogen and oxygen atoms in total. The SMILES string of the molecule is CCOC(=O)Nc1ccc(S(=O)(=O)N[C@H](C)c2ccccc2)cc1. The summed E-state index contributed by atoms with van der Waals surface area (Å²) < 4.78 is 32.3. The Balaban J connectivity index is 2.08. The van der Waals surface area contributed by atoms with Crippen LogP contribution in [0.15, 0.2) is 59.5 Å². The highest BCUT2D eigenvalue weighted by atomic mass is 32.2. The zero-order valence-electron chi connectivity index (χ0n) is 13.5. The molecule has 0 fully saturated rings. The van der Waals surface area contributed by atoms with Gasteiger partial charge in [-0.2, -0.15) is 0 Å². The minimum absolute atomic E-state index is 0.125. The summed E-state index contributed by atoms with van der Waals surface area (Å²) in [5.41, 5.74) is 1.34. The number of rotatable bonds is 6. The van der Waals surface area contributed by atoms with Crippen molar-refractivity contribution in [3.63, 3.8) is 0 Å². The molecule has 2 aromatic rings. The number of ether oxygens (including phenoxy) is 1. The summed E-state index contributed by atoms with van der Waals surface area (Å²) in [6.07, 6.45) is -0.580. The molecule has 128 valence electrons. The third-order valence-electron chi connectivity index (χ3n) is 3.32. The van der Waals surface area contributed by atoms with Gasteiger partial charge < -0.3 is 4.74 Å². The molecule has 1 amide bonds. The minimum Gasteiger partial charge on any atom is -0.450 e. The first-order chi connectivity index (χ1) is 11.4. The molecule has 0 spiro atoms. The van der Waals surface area contributed by atoms with Gasteiger partial charge in [0.2, 0.25) is 10.0 Å². The molecule has 0 saturated heterocycles. The molecular weight excluding hydrogens is 328 g/mol. The van der Waals surface area contributed by atoms with Crippen molar-refractivity contribution in [1.29, 1.82) is 0 Å². The Bertz CT molecular complexity index is 774. The maximum atomic E-state index is 12.4. The molecule has 0 aromatic heterocycles. The predicted octanol–water partition coefficient (Wildman–Crippen LogP) is 3.29. The number of carbonyl (C=O) groups is 1. The molecule has 2 N–H and O–H groups in total. The summed E-state index contributed by atoms with van der Waals surface area (Å²) >= 11 is 0. The van der Waals surface area contributed by atoms with Crippen LogP contribution in [-0.2, 0) is 14.8 Å². The predicted molar refractivity (Wildman–Crippen MR) is 92.3 cm³/mol. The summed E-state index contributed by atoms with van der Waals surface area (Å²) in [5, 5.41) is 2.51. The summed E-state index contributed by atoms with van der Waals surface area (Å²) in [6, 6.07) is 14.8. The van der Waals surface area contributed by atoms with Gasteiger partial charge in [0.25, 0.3) is 0 Å². The van der Waals surface area contributed by atoms with E-state index in [1.165, 1.54) is 24.3 Å². The van der Waals surface area contributed by atoms with Gasteiger partial charge in [0, 0.05) is 11.7 Å². The third kappa shape index (κ3) is 4.81. The highest BCUT2D eigenvalue weighted by Crippen LogP contribution is 2.18. The van der Waals surface area contributed by atoms with Crippen LogP contribution in [-0.4, -0.2) is 21.1 Å². The number of anilines is 1. The van der Waals surface area contributed by atoms with Crippen molar-refractivity contribution in [2.45, 2.75) is 24.8 Å². The molecule has 7 heteroatoms. The Kier molecular flexibility index (Phi) is 5.94. The number of hydrogen-bond acceptors (Lipinski definition) is 4. The Morgan fingerprint density at radius 3 is 2.29 bits per heavy atom. The van der Waals surface area contributed by atoms with Crippen molar-refractivity contribution in [1.82, 2.24) is 4.72 Å². The number of hydrogen-bond donors (Lipinski definition) is 2. The lowest BCUT2D eigenvalue weighted by Gasteiger charge is -2.15. The molecule has 0 aliphatic carbocycles. The lowest BCUT2D eigenvalue weighted by molar-refractivity contribution is 0.168. The fourth-order valence-corrected chi connectivity index (χ4v) is 3.34. The van der Waals surface area contributed by atoms with Crippen LogP contribution in [0.5, 0.6) is 0 Å². The van der Waals surface area contributed by atoms with E-state index in [1.54, 1.807) is 13.8 Å². The molecule has 0 aliphatic heterocycles. The van der Waals surface area contributed by atoms with Gasteiger partial charge in [-0.25, -0.2) is 17.9 Å². The van der Waals surface area contributed by atoms with Crippen LogP contribution in [0.4, 0.5) is 10.5 Å². The number of nitrogens with one attached hydrogen (secondary N) is 2. The molecule has 1 atom stereocenters. The van der Waals surface area contributed by atoms with E-state index in [0.717, 1.165) is 5.56 Å². The second-order valence-electron chi connectivity index (χ2n) is 5.12. The quantitative estimate of drug-likeness (QED) is 0.839. The lowest BCUT2D eigenvalue weighted by atomic mass is 10.1. The van der Waals surface area contributed by atoms with Crippen molar-refractivity contribution < 1.29 is 17.9 Å². The van der Waals surface area contributed by atoms with Crippen LogP contribution in [0.2, 0.25) is 0 Å². The molecule has 0 saturated carbocycles. The van der Waals surface area contributed by atoms with E-state index in [9.17, 15) is 13.2 Å². The number of sulfonamides is 1. The second-order valence-corrected chi connectivity index (χ2v) is 6.84. The molecule has 0 heterocycles. The Morgan fingerprint density at radius 1 is 1.08 bits per heavy atom. The number of benzene rings is 2. The average Bonchev–Trinajstić information content (AvgIpc) is 2.56. The normalized spacial score (nSPS) is 12.4. The van der Waals surface area contributed by atoms with Gasteiger partial charge in [0.05, 0.1) is 11.5 Å². The lowest BCUT2D eigenvalue weighted by Crippen LogP contribution is -2.26. The number of amides is 1. The second kappa shape index (κ2) is 7.94. The van der Waals surface area contributed by atoms with Gasteiger partial charge in [0.15, 0.2) is 0 Å². The molecule has 0 aliphatic rings. The summed E-state index contributed by atoms with van der Waals surface area (Å²) in [6.45, 7) is 3.75. The van der Waals surface area contributed by atoms with Crippen molar-refractivity contribution in [2.24, 2.45) is 0 Å². The van der Waals surface area contributed by atoms with Gasteiger partial charge >= 0.3 is 6.09 Å². The smallest absolute Gasteiger partial charge is 0.411 e. The van der Waals surface area contributed by atoms with E-state index in [4.69, 9.17) is 4.74 Å². The first kappa shape index (κ1) is 18.0. The molecular formula is C17H20N2O4S. The largest absolute Gasteiger partial charge is 0.450 e. The molecule has 0 unspecified atom stereocenters. The maximum absolute atomic E-state index is 12.4. The van der Waals surface area contributed by atoms with Crippen LogP contribution < -0.4 is 10.0 Å². The molecule has 24 heavy (non-hydrogen) atoms. The third-order valence-corrected chi connectivity index (χ3v) is 4.87. The summed E-state index contributed by atoms with van der Waals surface area (Å²) in [4.78, 5) is 11.5. The Hall–Kier alpha value is -2.38.